The molecular weight excluding hydrogens is 425 g/mol. The van der Waals surface area contributed by atoms with Gasteiger partial charge in [-0.05, 0) is 59.9 Å². The van der Waals surface area contributed by atoms with Crippen molar-refractivity contribution < 1.29 is 13.2 Å². The fourth-order valence-electron chi connectivity index (χ4n) is 3.81. The Balaban J connectivity index is 1.68. The zero-order valence-corrected chi connectivity index (χ0v) is 18.4. The number of pyridine rings is 1. The number of aryl methyl sites for hydroxylation is 1. The smallest absolute Gasteiger partial charge is 0.354 e. The molecule has 4 rings (SSSR count). The van der Waals surface area contributed by atoms with E-state index in [0.717, 1.165) is 59.1 Å². The quantitative estimate of drug-likeness (QED) is 0.274. The zero-order chi connectivity index (χ0) is 23.3. The molecule has 170 valence electrons. The number of azo groups is 1. The van der Waals surface area contributed by atoms with E-state index in [9.17, 15) is 13.2 Å². The van der Waals surface area contributed by atoms with E-state index >= 15 is 0 Å². The van der Waals surface area contributed by atoms with Crippen molar-refractivity contribution in [1.82, 2.24) is 9.97 Å². The lowest BCUT2D eigenvalue weighted by Crippen LogP contribution is -2.04. The van der Waals surface area contributed by atoms with E-state index in [2.05, 4.69) is 39.3 Å². The summed E-state index contributed by atoms with van der Waals surface area (Å²) in [5.41, 5.74) is 4.85. The Bertz CT molecular complexity index is 1230. The number of rotatable bonds is 8. The highest BCUT2D eigenvalue weighted by Gasteiger charge is 2.30. The number of halogens is 3. The summed E-state index contributed by atoms with van der Waals surface area (Å²) in [6, 6.07) is 15.3. The molecule has 0 aliphatic rings. The van der Waals surface area contributed by atoms with Crippen molar-refractivity contribution in [3.8, 4) is 11.3 Å². The molecule has 0 saturated heterocycles. The summed E-state index contributed by atoms with van der Waals surface area (Å²) in [4.78, 5) is 7.47. The maximum absolute atomic E-state index is 13.0. The predicted octanol–water partition coefficient (Wildman–Crippen LogP) is 7.74. The zero-order valence-electron chi connectivity index (χ0n) is 18.4. The molecule has 2 aromatic heterocycles. The summed E-state index contributed by atoms with van der Waals surface area (Å²) in [7, 11) is 0. The number of benzene rings is 2. The molecule has 0 saturated carbocycles. The van der Waals surface area contributed by atoms with Gasteiger partial charge in [-0.25, -0.2) is 0 Å². The maximum atomic E-state index is 13.0. The summed E-state index contributed by atoms with van der Waals surface area (Å²) in [5.74, 6) is 0. The summed E-state index contributed by atoms with van der Waals surface area (Å²) in [5, 5.41) is 9.72. The SMILES string of the molecule is CCCCc1ccc2[nH]c(-c3ccc(C(F)(F)F)cc3)c(CN=NCc3cccnc3)c2c1. The third-order valence-corrected chi connectivity index (χ3v) is 5.60. The summed E-state index contributed by atoms with van der Waals surface area (Å²) in [6.07, 6.45) is 2.28. The number of aromatic amines is 1. The number of unbranched alkanes of at least 4 members (excludes halogenated alkanes) is 1. The molecule has 0 aliphatic heterocycles. The van der Waals surface area contributed by atoms with Crippen LogP contribution in [0.4, 0.5) is 13.2 Å². The van der Waals surface area contributed by atoms with Crippen LogP contribution in [0.25, 0.3) is 22.2 Å². The number of hydrogen-bond acceptors (Lipinski definition) is 3. The van der Waals surface area contributed by atoms with Crippen LogP contribution in [0, 0.1) is 0 Å². The monoisotopic (exact) mass is 450 g/mol. The van der Waals surface area contributed by atoms with Crippen molar-refractivity contribution in [3.63, 3.8) is 0 Å². The Morgan fingerprint density at radius 1 is 0.939 bits per heavy atom. The van der Waals surface area contributed by atoms with Gasteiger partial charge in [0.25, 0.3) is 0 Å². The minimum absolute atomic E-state index is 0.327. The summed E-state index contributed by atoms with van der Waals surface area (Å²) < 4.78 is 39.1. The lowest BCUT2D eigenvalue weighted by Gasteiger charge is -2.08. The van der Waals surface area contributed by atoms with Gasteiger partial charge < -0.3 is 4.98 Å². The molecule has 4 aromatic rings. The summed E-state index contributed by atoms with van der Waals surface area (Å²) >= 11 is 0. The second kappa shape index (κ2) is 9.98. The third kappa shape index (κ3) is 5.48. The Morgan fingerprint density at radius 2 is 1.73 bits per heavy atom. The highest BCUT2D eigenvalue weighted by Crippen LogP contribution is 2.35. The Labute approximate surface area is 190 Å². The number of nitrogens with one attached hydrogen (secondary N) is 1. The maximum Gasteiger partial charge on any atom is 0.416 e. The Hall–Kier alpha value is -3.48. The largest absolute Gasteiger partial charge is 0.416 e. The van der Waals surface area contributed by atoms with Gasteiger partial charge >= 0.3 is 6.18 Å². The lowest BCUT2D eigenvalue weighted by atomic mass is 10.0. The van der Waals surface area contributed by atoms with Crippen molar-refractivity contribution in [1.29, 1.82) is 0 Å². The number of hydrogen-bond donors (Lipinski definition) is 1. The van der Waals surface area contributed by atoms with Crippen molar-refractivity contribution >= 4 is 10.9 Å². The van der Waals surface area contributed by atoms with E-state index in [0.29, 0.717) is 18.7 Å². The topological polar surface area (TPSA) is 53.4 Å². The molecule has 1 N–H and O–H groups in total. The molecule has 4 nitrogen and oxygen atoms in total. The first-order chi connectivity index (χ1) is 16.0. The van der Waals surface area contributed by atoms with Gasteiger partial charge in [0.1, 0.15) is 0 Å². The van der Waals surface area contributed by atoms with E-state index in [1.165, 1.54) is 17.7 Å². The minimum Gasteiger partial charge on any atom is -0.354 e. The first-order valence-corrected chi connectivity index (χ1v) is 11.0. The van der Waals surface area contributed by atoms with Gasteiger partial charge in [-0.1, -0.05) is 37.6 Å². The third-order valence-electron chi connectivity index (χ3n) is 5.60. The van der Waals surface area contributed by atoms with Gasteiger partial charge in [-0.2, -0.15) is 23.4 Å². The molecule has 33 heavy (non-hydrogen) atoms. The van der Waals surface area contributed by atoms with Crippen LogP contribution in [0.1, 0.15) is 42.0 Å². The fourth-order valence-corrected chi connectivity index (χ4v) is 3.81. The van der Waals surface area contributed by atoms with Gasteiger partial charge in [0.2, 0.25) is 0 Å². The van der Waals surface area contributed by atoms with Crippen LogP contribution in [0.15, 0.2) is 77.2 Å². The van der Waals surface area contributed by atoms with Gasteiger partial charge in [-0.15, -0.1) is 0 Å². The average Bonchev–Trinajstić information content (AvgIpc) is 3.18. The van der Waals surface area contributed by atoms with E-state index in [1.807, 2.05) is 18.2 Å². The summed E-state index contributed by atoms with van der Waals surface area (Å²) in [6.45, 7) is 2.91. The fraction of sp³-hybridized carbons (Fsp3) is 0.269. The van der Waals surface area contributed by atoms with E-state index in [4.69, 9.17) is 0 Å². The van der Waals surface area contributed by atoms with Crippen LogP contribution in [-0.2, 0) is 25.7 Å². The molecule has 0 fully saturated rings. The van der Waals surface area contributed by atoms with Gasteiger partial charge in [-0.3, -0.25) is 4.98 Å². The molecular formula is C26H25F3N4. The van der Waals surface area contributed by atoms with Crippen molar-refractivity contribution in [2.24, 2.45) is 10.2 Å². The van der Waals surface area contributed by atoms with Crippen molar-refractivity contribution in [3.05, 3.63) is 89.2 Å². The van der Waals surface area contributed by atoms with Crippen LogP contribution in [0.2, 0.25) is 0 Å². The van der Waals surface area contributed by atoms with Crippen LogP contribution >= 0.6 is 0 Å². The van der Waals surface area contributed by atoms with Crippen LogP contribution in [0.3, 0.4) is 0 Å². The highest BCUT2D eigenvalue weighted by molar-refractivity contribution is 5.91. The van der Waals surface area contributed by atoms with E-state index in [1.54, 1.807) is 12.4 Å². The number of alkyl halides is 3. The first-order valence-electron chi connectivity index (χ1n) is 11.0. The molecule has 0 unspecified atom stereocenters. The molecule has 2 heterocycles. The predicted molar refractivity (Wildman–Crippen MR) is 124 cm³/mol. The van der Waals surface area contributed by atoms with Gasteiger partial charge in [0.15, 0.2) is 0 Å². The standard InChI is InChI=1S/C26H25F3N4/c1-2-3-5-18-7-12-24-22(14-18)23(17-32-31-16-19-6-4-13-30-15-19)25(33-24)20-8-10-21(11-9-20)26(27,28)29/h4,6-15,33H,2-3,5,16-17H2,1H3. The van der Waals surface area contributed by atoms with Crippen LogP contribution < -0.4 is 0 Å². The number of nitrogens with zero attached hydrogens (tertiary/aromatic N) is 3. The average molecular weight is 451 g/mol. The van der Waals surface area contributed by atoms with Crippen molar-refractivity contribution in [2.45, 2.75) is 45.5 Å². The second-order valence-corrected chi connectivity index (χ2v) is 8.00. The molecule has 0 atom stereocenters. The Kier molecular flexibility index (Phi) is 6.87. The molecule has 0 radical (unpaired) electrons. The number of fused-ring (bicyclic) bond motifs is 1. The lowest BCUT2D eigenvalue weighted by molar-refractivity contribution is -0.137. The van der Waals surface area contributed by atoms with Crippen molar-refractivity contribution in [2.75, 3.05) is 0 Å². The Morgan fingerprint density at radius 3 is 2.42 bits per heavy atom. The molecule has 0 amide bonds. The van der Waals surface area contributed by atoms with E-state index < -0.39 is 11.7 Å². The minimum atomic E-state index is -4.36. The molecule has 2 aromatic carbocycles. The van der Waals surface area contributed by atoms with Gasteiger partial charge in [0.05, 0.1) is 24.3 Å². The highest BCUT2D eigenvalue weighted by atomic mass is 19.4. The molecule has 0 bridgehead atoms. The van der Waals surface area contributed by atoms with Crippen LogP contribution in [0.5, 0.6) is 0 Å². The molecule has 0 aliphatic carbocycles. The number of H-pyrrole nitrogens is 1. The second-order valence-electron chi connectivity index (χ2n) is 8.00. The normalized spacial score (nSPS) is 12.1. The molecule has 0 spiro atoms. The van der Waals surface area contributed by atoms with Crippen LogP contribution in [-0.4, -0.2) is 9.97 Å². The van der Waals surface area contributed by atoms with Gasteiger partial charge in [0, 0.05) is 28.9 Å². The van der Waals surface area contributed by atoms with E-state index in [-0.39, 0.29) is 0 Å². The first kappa shape index (κ1) is 22.7. The molecule has 7 heteroatoms. The number of aromatic nitrogens is 2.